The monoisotopic (exact) mass is 219 g/mol. The van der Waals surface area contributed by atoms with Gasteiger partial charge in [-0.3, -0.25) is 0 Å². The molecule has 0 atom stereocenters. The van der Waals surface area contributed by atoms with Crippen molar-refractivity contribution < 1.29 is 9.90 Å². The third-order valence-electron chi connectivity index (χ3n) is 1.24. The maximum atomic E-state index is 10.4. The molecule has 0 aliphatic heterocycles. The molecule has 0 saturated carbocycles. The van der Waals surface area contributed by atoms with Gasteiger partial charge in [-0.25, -0.2) is 4.79 Å². The number of carbonyl (C=O) groups is 1. The normalized spacial score (nSPS) is 8.08. The first-order valence-electron chi connectivity index (χ1n) is 2.89. The van der Waals surface area contributed by atoms with Crippen LogP contribution in [0.5, 0.6) is 0 Å². The van der Waals surface area contributed by atoms with Gasteiger partial charge in [-0.15, -0.1) is 0 Å². The molecule has 0 spiro atoms. The van der Waals surface area contributed by atoms with Gasteiger partial charge < -0.3 is 10.8 Å². The number of hydrogen-bond donors (Lipinski definition) is 2. The Morgan fingerprint density at radius 1 is 1.38 bits per heavy atom. The molecule has 62 valence electrons. The van der Waals surface area contributed by atoms with Crippen molar-refractivity contribution in [3.8, 4) is 0 Å². The molecular formula is C7H8ClNNa2O2. The van der Waals surface area contributed by atoms with E-state index in [-0.39, 0.29) is 70.4 Å². The fraction of sp³-hybridized carbons (Fsp3) is 0. The first-order valence-corrected chi connectivity index (χ1v) is 3.27. The van der Waals surface area contributed by atoms with Crippen molar-refractivity contribution >= 4 is 82.4 Å². The summed E-state index contributed by atoms with van der Waals surface area (Å²) in [5.74, 6) is -1.04. The van der Waals surface area contributed by atoms with Gasteiger partial charge in [0.15, 0.2) is 0 Å². The Morgan fingerprint density at radius 2 is 1.92 bits per heavy atom. The third kappa shape index (κ3) is 4.70. The molecule has 3 N–H and O–H groups in total. The fourth-order valence-corrected chi connectivity index (χ4v) is 0.909. The molecule has 0 unspecified atom stereocenters. The van der Waals surface area contributed by atoms with Crippen LogP contribution in [0, 0.1) is 0 Å². The Hall–Kier alpha value is 0.780. The number of anilines is 1. The van der Waals surface area contributed by atoms with E-state index in [0.717, 1.165) is 0 Å². The number of aromatic carboxylic acids is 1. The summed E-state index contributed by atoms with van der Waals surface area (Å²) >= 11 is 5.55. The summed E-state index contributed by atoms with van der Waals surface area (Å²) < 4.78 is 0. The SMILES string of the molecule is Nc1cc(Cl)ccc1C(=O)O.[NaH].[NaH]. The Bertz CT molecular complexity index is 307. The van der Waals surface area contributed by atoms with E-state index in [9.17, 15) is 4.79 Å². The Balaban J connectivity index is 0. The Morgan fingerprint density at radius 3 is 2.31 bits per heavy atom. The van der Waals surface area contributed by atoms with Crippen LogP contribution in [-0.2, 0) is 0 Å². The second-order valence-corrected chi connectivity index (χ2v) is 2.47. The van der Waals surface area contributed by atoms with Crippen molar-refractivity contribution in [3.05, 3.63) is 28.8 Å². The van der Waals surface area contributed by atoms with Crippen LogP contribution in [0.25, 0.3) is 0 Å². The van der Waals surface area contributed by atoms with Gasteiger partial charge in [0.25, 0.3) is 0 Å². The number of halogens is 1. The summed E-state index contributed by atoms with van der Waals surface area (Å²) in [5.41, 5.74) is 5.62. The van der Waals surface area contributed by atoms with Gasteiger partial charge in [0.05, 0.1) is 5.56 Å². The van der Waals surface area contributed by atoms with Crippen LogP contribution < -0.4 is 5.73 Å². The zero-order valence-corrected chi connectivity index (χ0v) is 6.30. The van der Waals surface area contributed by atoms with Gasteiger partial charge in [-0.2, -0.15) is 0 Å². The quantitative estimate of drug-likeness (QED) is 0.528. The molecule has 0 radical (unpaired) electrons. The van der Waals surface area contributed by atoms with Crippen LogP contribution in [0.2, 0.25) is 5.02 Å². The molecular weight excluding hydrogens is 212 g/mol. The first kappa shape index (κ1) is 16.2. The van der Waals surface area contributed by atoms with Gasteiger partial charge in [0.2, 0.25) is 0 Å². The molecule has 0 fully saturated rings. The third-order valence-corrected chi connectivity index (χ3v) is 1.48. The number of hydrogen-bond acceptors (Lipinski definition) is 2. The first-order chi connectivity index (χ1) is 5.11. The van der Waals surface area contributed by atoms with Crippen molar-refractivity contribution in [3.63, 3.8) is 0 Å². The average Bonchev–Trinajstić information content (AvgIpc) is 1.85. The Kier molecular flexibility index (Phi) is 8.89. The van der Waals surface area contributed by atoms with Crippen LogP contribution in [0.1, 0.15) is 10.4 Å². The molecule has 0 amide bonds. The minimum absolute atomic E-state index is 0. The van der Waals surface area contributed by atoms with E-state index < -0.39 is 5.97 Å². The van der Waals surface area contributed by atoms with Crippen LogP contribution in [0.3, 0.4) is 0 Å². The van der Waals surface area contributed by atoms with E-state index in [1.807, 2.05) is 0 Å². The predicted molar refractivity (Wildman–Crippen MR) is 57.1 cm³/mol. The molecule has 0 aromatic heterocycles. The van der Waals surface area contributed by atoms with Gasteiger partial charge >= 0.3 is 65.1 Å². The standard InChI is InChI=1S/C7H6ClNO2.2Na.2H/c8-4-1-2-5(7(10)11)6(9)3-4;;;;/h1-3H,9H2,(H,10,11);;;;. The zero-order chi connectivity index (χ0) is 8.43. The molecule has 1 rings (SSSR count). The number of rotatable bonds is 1. The van der Waals surface area contributed by atoms with Crippen molar-refractivity contribution in [1.29, 1.82) is 0 Å². The molecule has 0 aliphatic carbocycles. The van der Waals surface area contributed by atoms with E-state index in [2.05, 4.69) is 0 Å². The summed E-state index contributed by atoms with van der Waals surface area (Å²) in [4.78, 5) is 10.4. The van der Waals surface area contributed by atoms with Crippen molar-refractivity contribution in [1.82, 2.24) is 0 Å². The van der Waals surface area contributed by atoms with Gasteiger partial charge in [0.1, 0.15) is 0 Å². The molecule has 0 heterocycles. The fourth-order valence-electron chi connectivity index (χ4n) is 0.728. The molecule has 1 aromatic carbocycles. The summed E-state index contributed by atoms with van der Waals surface area (Å²) in [5, 5.41) is 8.97. The van der Waals surface area contributed by atoms with Crippen molar-refractivity contribution in [2.75, 3.05) is 5.73 Å². The molecule has 0 saturated heterocycles. The average molecular weight is 220 g/mol. The molecule has 6 heteroatoms. The van der Waals surface area contributed by atoms with E-state index in [1.54, 1.807) is 0 Å². The summed E-state index contributed by atoms with van der Waals surface area (Å²) in [6.07, 6.45) is 0. The second-order valence-electron chi connectivity index (χ2n) is 2.04. The number of carboxylic acid groups (broad SMARTS) is 1. The summed E-state index contributed by atoms with van der Waals surface area (Å²) in [7, 11) is 0. The van der Waals surface area contributed by atoms with E-state index >= 15 is 0 Å². The van der Waals surface area contributed by atoms with E-state index in [1.165, 1.54) is 18.2 Å². The molecule has 1 aromatic rings. The van der Waals surface area contributed by atoms with Gasteiger partial charge in [-0.1, -0.05) is 11.6 Å². The Labute approximate surface area is 125 Å². The summed E-state index contributed by atoms with van der Waals surface area (Å²) in [6.45, 7) is 0. The zero-order valence-electron chi connectivity index (χ0n) is 5.54. The van der Waals surface area contributed by atoms with Crippen molar-refractivity contribution in [2.24, 2.45) is 0 Å². The number of nitrogen functional groups attached to an aromatic ring is 1. The molecule has 0 bridgehead atoms. The number of nitrogens with two attached hydrogens (primary N) is 1. The van der Waals surface area contributed by atoms with Crippen molar-refractivity contribution in [2.45, 2.75) is 0 Å². The number of benzene rings is 1. The second kappa shape index (κ2) is 7.12. The maximum absolute atomic E-state index is 10.4. The van der Waals surface area contributed by atoms with Crippen LogP contribution in [0.4, 0.5) is 5.69 Å². The van der Waals surface area contributed by atoms with Crippen LogP contribution in [-0.4, -0.2) is 70.2 Å². The summed E-state index contributed by atoms with van der Waals surface area (Å²) in [6, 6.07) is 4.27. The van der Waals surface area contributed by atoms with E-state index in [0.29, 0.717) is 5.02 Å². The molecule has 0 aliphatic rings. The predicted octanol–water partition coefficient (Wildman–Crippen LogP) is 0.323. The van der Waals surface area contributed by atoms with E-state index in [4.69, 9.17) is 22.4 Å². The number of carboxylic acids is 1. The van der Waals surface area contributed by atoms with Crippen LogP contribution in [0.15, 0.2) is 18.2 Å². The van der Waals surface area contributed by atoms with Crippen LogP contribution >= 0.6 is 11.6 Å². The van der Waals surface area contributed by atoms with Gasteiger partial charge in [-0.05, 0) is 18.2 Å². The minimum atomic E-state index is -1.04. The molecule has 13 heavy (non-hydrogen) atoms. The topological polar surface area (TPSA) is 63.3 Å². The molecule has 3 nitrogen and oxygen atoms in total. The van der Waals surface area contributed by atoms with Gasteiger partial charge in [0, 0.05) is 10.7 Å².